The van der Waals surface area contributed by atoms with Gasteiger partial charge in [0.25, 0.3) is 0 Å². The average Bonchev–Trinajstić information content (AvgIpc) is 3.08. The Balaban J connectivity index is 7.17. The van der Waals surface area contributed by atoms with Gasteiger partial charge in [0.2, 0.25) is 0 Å². The molecule has 0 nitrogen and oxygen atoms in total. The molecule has 0 N–H and O–H groups in total. The van der Waals surface area contributed by atoms with Gasteiger partial charge in [-0.05, 0) is 0 Å². The van der Waals surface area contributed by atoms with E-state index >= 15 is 0 Å². The van der Waals surface area contributed by atoms with Crippen LogP contribution in [0, 0.1) is 0 Å². The first-order chi connectivity index (χ1) is 28.9. The molecule has 0 radical (unpaired) electrons. The van der Waals surface area contributed by atoms with Gasteiger partial charge >= 0.3 is 354 Å². The van der Waals surface area contributed by atoms with Gasteiger partial charge in [-0.1, -0.05) is 0 Å². The van der Waals surface area contributed by atoms with E-state index in [2.05, 4.69) is 0 Å². The van der Waals surface area contributed by atoms with Gasteiger partial charge in [-0.15, -0.1) is 0 Å². The fraction of sp³-hybridized carbons (Fsp3) is 1.00. The van der Waals surface area contributed by atoms with E-state index in [1.807, 2.05) is 0 Å². The van der Waals surface area contributed by atoms with Crippen LogP contribution in [0.5, 0.6) is 0 Å². The number of halogens is 39. The SMILES string of the molecule is [CH3][Sn]([CH2]CCC(F)(F)C(F)(F)C(F)(F)C(F)(F)C(F)(F)C(F)(F)F)([CH2]CCC(F)(F)C(F)(F)C(F)(F)C(F)(F)C(F)(F)C(F)(F)F)[CH2]CCC(F)(F)C(F)(F)C(F)(F)C(F)(F)C(F)(F)C(F)(F)F. The number of hydrogen-bond acceptors (Lipinski definition) is 0. The zero-order chi connectivity index (χ0) is 55.9. The molecule has 0 fully saturated rings. The minimum atomic E-state index is -8.55. The quantitative estimate of drug-likeness (QED) is 0.0667. The van der Waals surface area contributed by atoms with Crippen LogP contribution in [0.4, 0.5) is 171 Å². The average molecular weight is 1220 g/mol. The van der Waals surface area contributed by atoms with Crippen LogP contribution in [0.2, 0.25) is 18.2 Å². The molecular formula is C28H21F39Sn. The van der Waals surface area contributed by atoms with E-state index in [1.165, 1.54) is 0 Å². The molecular weight excluding hydrogens is 1200 g/mol. The predicted octanol–water partition coefficient (Wildman–Crippen LogP) is 16.6. The molecule has 0 aliphatic heterocycles. The van der Waals surface area contributed by atoms with Crippen LogP contribution >= 0.6 is 0 Å². The third-order valence-corrected chi connectivity index (χ3v) is 23.2. The van der Waals surface area contributed by atoms with E-state index in [-0.39, 0.29) is 4.94 Å². The van der Waals surface area contributed by atoms with Gasteiger partial charge in [0.05, 0.1) is 0 Å². The number of rotatable bonds is 24. The molecule has 0 unspecified atom stereocenters. The Labute approximate surface area is 354 Å². The first-order valence-corrected chi connectivity index (χ1v) is 25.7. The van der Waals surface area contributed by atoms with Gasteiger partial charge in [0, 0.05) is 0 Å². The summed E-state index contributed by atoms with van der Waals surface area (Å²) in [4.78, 5) is 0.156. The predicted molar refractivity (Wildman–Crippen MR) is 146 cm³/mol. The third kappa shape index (κ3) is 10.3. The zero-order valence-electron chi connectivity index (χ0n) is 31.6. The van der Waals surface area contributed by atoms with E-state index < -0.39 is 178 Å². The molecule has 0 aromatic rings. The summed E-state index contributed by atoms with van der Waals surface area (Å²) in [6, 6.07) is 0. The second-order valence-corrected chi connectivity index (χ2v) is 29.5. The number of alkyl halides is 39. The first kappa shape index (κ1) is 66.1. The molecule has 0 rings (SSSR count). The van der Waals surface area contributed by atoms with E-state index in [0.717, 1.165) is 0 Å². The van der Waals surface area contributed by atoms with E-state index in [1.54, 1.807) is 0 Å². The summed E-state index contributed by atoms with van der Waals surface area (Å²) in [6.45, 7) is 0. The van der Waals surface area contributed by atoms with Gasteiger partial charge in [-0.25, -0.2) is 0 Å². The van der Waals surface area contributed by atoms with Crippen LogP contribution < -0.4 is 0 Å². The first-order valence-electron chi connectivity index (χ1n) is 16.7. The molecule has 0 saturated carbocycles. The van der Waals surface area contributed by atoms with Gasteiger partial charge in [-0.3, -0.25) is 0 Å². The Kier molecular flexibility index (Phi) is 17.7. The van der Waals surface area contributed by atoms with Crippen molar-refractivity contribution in [1.82, 2.24) is 0 Å². The van der Waals surface area contributed by atoms with Crippen molar-refractivity contribution in [3.05, 3.63) is 0 Å². The standard InChI is InChI=1S/3C9H6F13.CH3.Sn/c3*1-2-3-4(10,11)5(12,13)6(14,15)7(16,17)8(18,19)9(20,21)22;;/h3*1-3H2;1H3;. The molecule has 0 heterocycles. The molecule has 0 bridgehead atoms. The molecule has 0 aliphatic rings. The summed E-state index contributed by atoms with van der Waals surface area (Å²) in [7, 11) is 0. The molecule has 68 heavy (non-hydrogen) atoms. The molecule has 0 aromatic heterocycles. The Morgan fingerprint density at radius 1 is 0.206 bits per heavy atom. The molecule has 40 heteroatoms. The van der Waals surface area contributed by atoms with Crippen molar-refractivity contribution in [1.29, 1.82) is 0 Å². The van der Waals surface area contributed by atoms with E-state index in [4.69, 9.17) is 0 Å². The molecule has 0 aliphatic carbocycles. The van der Waals surface area contributed by atoms with Crippen molar-refractivity contribution in [2.24, 2.45) is 0 Å². The summed E-state index contributed by atoms with van der Waals surface area (Å²) < 4.78 is 519. The van der Waals surface area contributed by atoms with Crippen LogP contribution in [-0.2, 0) is 0 Å². The minimum absolute atomic E-state index is 0.156. The van der Waals surface area contributed by atoms with Crippen LogP contribution in [0.3, 0.4) is 0 Å². The second kappa shape index (κ2) is 18.2. The van der Waals surface area contributed by atoms with E-state index in [9.17, 15) is 171 Å². The van der Waals surface area contributed by atoms with E-state index in [0.29, 0.717) is 0 Å². The third-order valence-electron chi connectivity index (χ3n) is 9.81. The van der Waals surface area contributed by atoms with Gasteiger partial charge < -0.3 is 0 Å². The van der Waals surface area contributed by atoms with Crippen LogP contribution in [0.15, 0.2) is 0 Å². The Morgan fingerprint density at radius 2 is 0.338 bits per heavy atom. The summed E-state index contributed by atoms with van der Waals surface area (Å²) in [5, 5.41) is 0. The Morgan fingerprint density at radius 3 is 0.471 bits per heavy atom. The molecule has 0 amide bonds. The maximum absolute atomic E-state index is 14.4. The van der Waals surface area contributed by atoms with Crippen molar-refractivity contribution in [3.8, 4) is 0 Å². The van der Waals surface area contributed by atoms with Gasteiger partial charge in [-0.2, -0.15) is 0 Å². The molecule has 0 atom stereocenters. The molecule has 0 aromatic carbocycles. The van der Waals surface area contributed by atoms with Crippen LogP contribution in [-0.4, -0.2) is 126 Å². The van der Waals surface area contributed by atoms with Crippen molar-refractivity contribution in [2.75, 3.05) is 0 Å². The van der Waals surface area contributed by atoms with Crippen LogP contribution in [0.1, 0.15) is 38.5 Å². The summed E-state index contributed by atoms with van der Waals surface area (Å²) in [6.07, 6.45) is -40.8. The summed E-state index contributed by atoms with van der Waals surface area (Å²) in [5.74, 6) is -122. The topological polar surface area (TPSA) is 0 Å². The summed E-state index contributed by atoms with van der Waals surface area (Å²) in [5.41, 5.74) is 0. The Bertz CT molecular complexity index is 1500. The maximum atomic E-state index is 14.4. The Hall–Kier alpha value is -1.93. The molecule has 0 spiro atoms. The van der Waals surface area contributed by atoms with Crippen molar-refractivity contribution < 1.29 is 171 Å². The molecule has 0 saturated heterocycles. The second-order valence-electron chi connectivity index (χ2n) is 14.9. The zero-order valence-corrected chi connectivity index (χ0v) is 34.5. The monoisotopic (exact) mass is 1220 g/mol. The van der Waals surface area contributed by atoms with Gasteiger partial charge in [0.1, 0.15) is 0 Å². The van der Waals surface area contributed by atoms with Crippen molar-refractivity contribution >= 4 is 18.4 Å². The number of hydrogen-bond donors (Lipinski definition) is 0. The fourth-order valence-electron chi connectivity index (χ4n) is 5.46. The molecule has 410 valence electrons. The normalized spacial score (nSPS) is 16.8. The summed E-state index contributed by atoms with van der Waals surface area (Å²) >= 11 is -6.18. The van der Waals surface area contributed by atoms with Crippen molar-refractivity contribution in [2.45, 2.75) is 164 Å². The van der Waals surface area contributed by atoms with Crippen molar-refractivity contribution in [3.63, 3.8) is 0 Å². The van der Waals surface area contributed by atoms with Gasteiger partial charge in [0.15, 0.2) is 0 Å². The van der Waals surface area contributed by atoms with Crippen LogP contribution in [0.25, 0.3) is 0 Å². The fourth-order valence-corrected chi connectivity index (χ4v) is 16.4.